The maximum atomic E-state index is 11.5. The molecule has 0 bridgehead atoms. The number of hydrogen-bond donors (Lipinski definition) is 3. The van der Waals surface area contributed by atoms with Crippen LogP contribution in [0.3, 0.4) is 0 Å². The molecule has 98 valence electrons. The van der Waals surface area contributed by atoms with Gasteiger partial charge in [-0.05, 0) is 41.1 Å². The molecule has 1 aromatic carbocycles. The standard InChI is InChI=1S/C11H13BrN2O4/c1-6(10(15)16)13-11(17)14-7-3-4-9(18-2)8(12)5-7/h3-6H,1-2H3,(H,15,16)(H2,13,14,17)/t6-/m1/s1. The summed E-state index contributed by atoms with van der Waals surface area (Å²) in [7, 11) is 1.54. The van der Waals surface area contributed by atoms with Gasteiger partial charge in [0.15, 0.2) is 0 Å². The van der Waals surface area contributed by atoms with E-state index in [0.717, 1.165) is 0 Å². The summed E-state index contributed by atoms with van der Waals surface area (Å²) in [5.41, 5.74) is 0.526. The number of amides is 2. The van der Waals surface area contributed by atoms with Crippen LogP contribution in [0.2, 0.25) is 0 Å². The third kappa shape index (κ3) is 3.92. The Bertz CT molecular complexity index is 464. The molecule has 0 aliphatic rings. The lowest BCUT2D eigenvalue weighted by molar-refractivity contribution is -0.138. The molecule has 1 rings (SSSR count). The normalized spacial score (nSPS) is 11.5. The highest BCUT2D eigenvalue weighted by molar-refractivity contribution is 9.10. The fraction of sp³-hybridized carbons (Fsp3) is 0.273. The number of urea groups is 1. The van der Waals surface area contributed by atoms with Gasteiger partial charge in [-0.3, -0.25) is 4.79 Å². The third-order valence-electron chi connectivity index (χ3n) is 2.13. The minimum atomic E-state index is -1.10. The second-order valence-corrected chi connectivity index (χ2v) is 4.36. The average Bonchev–Trinajstić information content (AvgIpc) is 2.28. The number of carbonyl (C=O) groups excluding carboxylic acids is 1. The van der Waals surface area contributed by atoms with Crippen molar-refractivity contribution in [1.29, 1.82) is 0 Å². The zero-order valence-electron chi connectivity index (χ0n) is 9.86. The van der Waals surface area contributed by atoms with Gasteiger partial charge < -0.3 is 20.5 Å². The first kappa shape index (κ1) is 14.3. The summed E-state index contributed by atoms with van der Waals surface area (Å²) in [6.07, 6.45) is 0. The first-order valence-corrected chi connectivity index (χ1v) is 5.87. The predicted molar refractivity (Wildman–Crippen MR) is 69.9 cm³/mol. The van der Waals surface area contributed by atoms with Gasteiger partial charge in [-0.15, -0.1) is 0 Å². The minimum absolute atomic E-state index is 0.526. The number of halogens is 1. The van der Waals surface area contributed by atoms with E-state index >= 15 is 0 Å². The summed E-state index contributed by atoms with van der Waals surface area (Å²) in [4.78, 5) is 22.0. The molecule has 0 aliphatic carbocycles. The second kappa shape index (κ2) is 6.25. The van der Waals surface area contributed by atoms with Crippen LogP contribution >= 0.6 is 15.9 Å². The molecule has 1 atom stereocenters. The maximum Gasteiger partial charge on any atom is 0.325 e. The lowest BCUT2D eigenvalue weighted by Crippen LogP contribution is -2.40. The number of ether oxygens (including phenoxy) is 1. The number of benzene rings is 1. The lowest BCUT2D eigenvalue weighted by Gasteiger charge is -2.11. The van der Waals surface area contributed by atoms with Crippen LogP contribution in [0.4, 0.5) is 10.5 Å². The van der Waals surface area contributed by atoms with Crippen LogP contribution in [0.15, 0.2) is 22.7 Å². The molecule has 1 aromatic rings. The quantitative estimate of drug-likeness (QED) is 0.793. The summed E-state index contributed by atoms with van der Waals surface area (Å²) < 4.78 is 5.74. The maximum absolute atomic E-state index is 11.5. The fourth-order valence-corrected chi connectivity index (χ4v) is 1.71. The van der Waals surface area contributed by atoms with Gasteiger partial charge in [0.25, 0.3) is 0 Å². The number of aliphatic carboxylic acids is 1. The van der Waals surface area contributed by atoms with Gasteiger partial charge >= 0.3 is 12.0 Å². The van der Waals surface area contributed by atoms with Crippen LogP contribution in [-0.4, -0.2) is 30.3 Å². The molecule has 0 aromatic heterocycles. The Labute approximate surface area is 112 Å². The first-order valence-electron chi connectivity index (χ1n) is 5.08. The van der Waals surface area contributed by atoms with Crippen molar-refractivity contribution in [1.82, 2.24) is 5.32 Å². The molecule has 0 saturated carbocycles. The molecule has 7 heteroatoms. The molecule has 2 amide bonds. The number of carboxylic acids is 1. The van der Waals surface area contributed by atoms with E-state index in [4.69, 9.17) is 9.84 Å². The van der Waals surface area contributed by atoms with Gasteiger partial charge in [0.1, 0.15) is 11.8 Å². The molecular formula is C11H13BrN2O4. The topological polar surface area (TPSA) is 87.7 Å². The van der Waals surface area contributed by atoms with E-state index in [2.05, 4.69) is 26.6 Å². The highest BCUT2D eigenvalue weighted by Crippen LogP contribution is 2.27. The monoisotopic (exact) mass is 316 g/mol. The van der Waals surface area contributed by atoms with Gasteiger partial charge in [0.2, 0.25) is 0 Å². The Morgan fingerprint density at radius 1 is 1.44 bits per heavy atom. The highest BCUT2D eigenvalue weighted by atomic mass is 79.9. The van der Waals surface area contributed by atoms with Crippen molar-refractivity contribution in [2.75, 3.05) is 12.4 Å². The SMILES string of the molecule is COc1ccc(NC(=O)N[C@H](C)C(=O)O)cc1Br. The van der Waals surface area contributed by atoms with Crippen molar-refractivity contribution >= 4 is 33.6 Å². The van der Waals surface area contributed by atoms with E-state index in [1.807, 2.05) is 0 Å². The van der Waals surface area contributed by atoms with Gasteiger partial charge in [0, 0.05) is 5.69 Å². The number of methoxy groups -OCH3 is 1. The number of carbonyl (C=O) groups is 2. The summed E-state index contributed by atoms with van der Waals surface area (Å²) in [5.74, 6) is -0.457. The summed E-state index contributed by atoms with van der Waals surface area (Å²) in [6, 6.07) is 3.45. The molecule has 0 fully saturated rings. The molecule has 0 spiro atoms. The zero-order valence-corrected chi connectivity index (χ0v) is 11.4. The molecular weight excluding hydrogens is 304 g/mol. The molecule has 3 N–H and O–H groups in total. The van der Waals surface area contributed by atoms with Gasteiger partial charge in [-0.2, -0.15) is 0 Å². The Morgan fingerprint density at radius 3 is 2.61 bits per heavy atom. The molecule has 6 nitrogen and oxygen atoms in total. The number of anilines is 1. The number of hydrogen-bond acceptors (Lipinski definition) is 3. The van der Waals surface area contributed by atoms with E-state index < -0.39 is 18.0 Å². The average molecular weight is 317 g/mol. The first-order chi connectivity index (χ1) is 8.43. The van der Waals surface area contributed by atoms with Crippen molar-refractivity contribution in [3.8, 4) is 5.75 Å². The van der Waals surface area contributed by atoms with E-state index in [9.17, 15) is 9.59 Å². The number of carboxylic acid groups (broad SMARTS) is 1. The van der Waals surface area contributed by atoms with Crippen molar-refractivity contribution in [3.63, 3.8) is 0 Å². The van der Waals surface area contributed by atoms with Crippen LogP contribution in [-0.2, 0) is 4.79 Å². The van der Waals surface area contributed by atoms with Crippen molar-refractivity contribution in [3.05, 3.63) is 22.7 Å². The molecule has 18 heavy (non-hydrogen) atoms. The minimum Gasteiger partial charge on any atom is -0.496 e. The van der Waals surface area contributed by atoms with E-state index in [-0.39, 0.29) is 0 Å². The highest BCUT2D eigenvalue weighted by Gasteiger charge is 2.14. The van der Waals surface area contributed by atoms with Crippen LogP contribution in [0.25, 0.3) is 0 Å². The Balaban J connectivity index is 2.65. The predicted octanol–water partition coefficient (Wildman–Crippen LogP) is 2.05. The Kier molecular flexibility index (Phi) is 4.96. The van der Waals surface area contributed by atoms with Gasteiger partial charge in [-0.25, -0.2) is 4.79 Å². The van der Waals surface area contributed by atoms with Gasteiger partial charge in [0.05, 0.1) is 11.6 Å². The summed E-state index contributed by atoms with van der Waals surface area (Å²) >= 11 is 3.28. The van der Waals surface area contributed by atoms with Crippen molar-refractivity contribution < 1.29 is 19.4 Å². The Hall–Kier alpha value is -1.76. The number of rotatable bonds is 4. The molecule has 0 heterocycles. The van der Waals surface area contributed by atoms with E-state index in [1.165, 1.54) is 14.0 Å². The fourth-order valence-electron chi connectivity index (χ4n) is 1.17. The van der Waals surface area contributed by atoms with E-state index in [1.54, 1.807) is 18.2 Å². The van der Waals surface area contributed by atoms with Crippen LogP contribution in [0.5, 0.6) is 5.75 Å². The molecule has 0 saturated heterocycles. The number of nitrogens with one attached hydrogen (secondary N) is 2. The summed E-state index contributed by atoms with van der Waals surface area (Å²) in [6.45, 7) is 1.38. The molecule has 0 aliphatic heterocycles. The van der Waals surface area contributed by atoms with Crippen molar-refractivity contribution in [2.24, 2.45) is 0 Å². The van der Waals surface area contributed by atoms with E-state index in [0.29, 0.717) is 15.9 Å². The van der Waals surface area contributed by atoms with Gasteiger partial charge in [-0.1, -0.05) is 0 Å². The second-order valence-electron chi connectivity index (χ2n) is 3.51. The van der Waals surface area contributed by atoms with Crippen LogP contribution < -0.4 is 15.4 Å². The van der Waals surface area contributed by atoms with Crippen LogP contribution in [0, 0.1) is 0 Å². The summed E-state index contributed by atoms with van der Waals surface area (Å²) in [5, 5.41) is 13.4. The zero-order chi connectivity index (χ0) is 13.7. The smallest absolute Gasteiger partial charge is 0.325 e. The Morgan fingerprint density at radius 2 is 2.11 bits per heavy atom. The largest absolute Gasteiger partial charge is 0.496 e. The van der Waals surface area contributed by atoms with Crippen molar-refractivity contribution in [2.45, 2.75) is 13.0 Å². The lowest BCUT2D eigenvalue weighted by atomic mass is 10.3. The molecule has 0 unspecified atom stereocenters. The molecule has 0 radical (unpaired) electrons. The van der Waals surface area contributed by atoms with Crippen LogP contribution in [0.1, 0.15) is 6.92 Å². The third-order valence-corrected chi connectivity index (χ3v) is 2.75.